The van der Waals surface area contributed by atoms with Crippen molar-refractivity contribution in [3.63, 3.8) is 0 Å². The molecule has 0 spiro atoms. The molecule has 0 aromatic heterocycles. The molecule has 2 atom stereocenters. The van der Waals surface area contributed by atoms with Gasteiger partial charge in [0.1, 0.15) is 0 Å². The lowest BCUT2D eigenvalue weighted by atomic mass is 10.1. The molecule has 2 unspecified atom stereocenters. The van der Waals surface area contributed by atoms with E-state index in [1.807, 2.05) is 18.2 Å². The topological polar surface area (TPSA) is 12.0 Å². The largest absolute Gasteiger partial charge is 0.312 e. The van der Waals surface area contributed by atoms with Crippen LogP contribution in [0.25, 0.3) is 0 Å². The van der Waals surface area contributed by atoms with Crippen molar-refractivity contribution >= 4 is 23.2 Å². The van der Waals surface area contributed by atoms with Crippen molar-refractivity contribution in [2.75, 3.05) is 6.54 Å². The maximum atomic E-state index is 6.23. The van der Waals surface area contributed by atoms with Gasteiger partial charge in [0, 0.05) is 16.9 Å². The summed E-state index contributed by atoms with van der Waals surface area (Å²) in [5.74, 6) is 0.629. The van der Waals surface area contributed by atoms with Gasteiger partial charge < -0.3 is 5.32 Å². The maximum absolute atomic E-state index is 6.23. The van der Waals surface area contributed by atoms with Crippen LogP contribution in [0.1, 0.15) is 24.8 Å². The fraction of sp³-hybridized carbons (Fsp3) is 0.538. The van der Waals surface area contributed by atoms with E-state index in [9.17, 15) is 0 Å². The summed E-state index contributed by atoms with van der Waals surface area (Å²) in [6.07, 6.45) is 3.69. The smallest absolute Gasteiger partial charge is 0.0450 e. The van der Waals surface area contributed by atoms with Gasteiger partial charge in [-0.25, -0.2) is 0 Å². The minimum atomic E-state index is 0.360. The third-order valence-corrected chi connectivity index (χ3v) is 4.19. The summed E-state index contributed by atoms with van der Waals surface area (Å²) < 4.78 is 0. The summed E-state index contributed by atoms with van der Waals surface area (Å²) in [4.78, 5) is 0. The second-order valence-corrected chi connectivity index (χ2v) is 5.40. The van der Waals surface area contributed by atoms with Crippen LogP contribution in [0.3, 0.4) is 0 Å². The Kier molecular flexibility index (Phi) is 4.51. The Bertz CT molecular complexity index is 340. The molecule has 1 fully saturated rings. The van der Waals surface area contributed by atoms with Gasteiger partial charge in [0.15, 0.2) is 0 Å². The predicted molar refractivity (Wildman–Crippen MR) is 70.1 cm³/mol. The van der Waals surface area contributed by atoms with Crippen molar-refractivity contribution in [3.8, 4) is 0 Å². The number of alkyl halides is 1. The van der Waals surface area contributed by atoms with Crippen LogP contribution in [0.15, 0.2) is 24.3 Å². The summed E-state index contributed by atoms with van der Waals surface area (Å²) in [7, 11) is 0. The summed E-state index contributed by atoms with van der Waals surface area (Å²) in [6, 6.07) is 7.96. The molecular weight excluding hydrogens is 241 g/mol. The molecule has 0 bridgehead atoms. The fourth-order valence-corrected chi connectivity index (χ4v) is 2.83. The minimum Gasteiger partial charge on any atom is -0.312 e. The monoisotopic (exact) mass is 257 g/mol. The first kappa shape index (κ1) is 12.2. The molecule has 1 nitrogen and oxygen atoms in total. The minimum absolute atomic E-state index is 0.360. The normalized spacial score (nSPS) is 24.9. The molecule has 1 aromatic carbocycles. The Balaban J connectivity index is 1.78. The zero-order valence-electron chi connectivity index (χ0n) is 9.26. The fourth-order valence-electron chi connectivity index (χ4n) is 2.26. The molecule has 0 radical (unpaired) electrons. The van der Waals surface area contributed by atoms with Gasteiger partial charge in [-0.1, -0.05) is 36.2 Å². The zero-order chi connectivity index (χ0) is 11.4. The maximum Gasteiger partial charge on any atom is 0.0450 e. The van der Waals surface area contributed by atoms with E-state index in [1.54, 1.807) is 0 Å². The van der Waals surface area contributed by atoms with Crippen molar-refractivity contribution in [1.82, 2.24) is 5.32 Å². The molecule has 0 heterocycles. The molecule has 0 aliphatic heterocycles. The highest BCUT2D eigenvalue weighted by Gasteiger charge is 2.24. The molecule has 1 aliphatic carbocycles. The number of hydrogen-bond donors (Lipinski definition) is 1. The average Bonchev–Trinajstić information content (AvgIpc) is 2.67. The van der Waals surface area contributed by atoms with Crippen LogP contribution in [0.4, 0.5) is 0 Å². The molecule has 1 N–H and O–H groups in total. The van der Waals surface area contributed by atoms with E-state index in [0.717, 1.165) is 23.7 Å². The first-order valence-electron chi connectivity index (χ1n) is 5.85. The van der Waals surface area contributed by atoms with E-state index in [0.29, 0.717) is 11.3 Å². The van der Waals surface area contributed by atoms with Gasteiger partial charge in [-0.3, -0.25) is 0 Å². The van der Waals surface area contributed by atoms with Crippen molar-refractivity contribution < 1.29 is 0 Å². The third-order valence-electron chi connectivity index (χ3n) is 3.25. The molecule has 16 heavy (non-hydrogen) atoms. The van der Waals surface area contributed by atoms with E-state index >= 15 is 0 Å². The number of benzene rings is 1. The van der Waals surface area contributed by atoms with Crippen molar-refractivity contribution in [2.24, 2.45) is 5.92 Å². The van der Waals surface area contributed by atoms with Gasteiger partial charge in [0.2, 0.25) is 0 Å². The number of hydrogen-bond acceptors (Lipinski definition) is 1. The highest BCUT2D eigenvalue weighted by molar-refractivity contribution is 6.31. The molecule has 0 saturated heterocycles. The van der Waals surface area contributed by atoms with Gasteiger partial charge in [0.25, 0.3) is 0 Å². The van der Waals surface area contributed by atoms with Crippen molar-refractivity contribution in [2.45, 2.75) is 31.2 Å². The average molecular weight is 258 g/mol. The summed E-state index contributed by atoms with van der Waals surface area (Å²) in [6.45, 7) is 1.83. The van der Waals surface area contributed by atoms with Crippen LogP contribution in [0.5, 0.6) is 0 Å². The SMILES string of the molecule is Clc1ccccc1CNCC1CCCC1Cl. The Morgan fingerprint density at radius 1 is 1.25 bits per heavy atom. The number of halogens is 2. The van der Waals surface area contributed by atoms with Crippen LogP contribution < -0.4 is 5.32 Å². The Labute approximate surface area is 107 Å². The van der Waals surface area contributed by atoms with Gasteiger partial charge >= 0.3 is 0 Å². The lowest BCUT2D eigenvalue weighted by Crippen LogP contribution is -2.25. The van der Waals surface area contributed by atoms with Crippen LogP contribution in [0.2, 0.25) is 5.02 Å². The molecular formula is C13H17Cl2N. The standard InChI is InChI=1S/C13H17Cl2N/c14-12-6-2-1-4-10(12)8-16-9-11-5-3-7-13(11)15/h1-2,4,6,11,13,16H,3,5,7-9H2. The quantitative estimate of drug-likeness (QED) is 0.809. The van der Waals surface area contributed by atoms with Gasteiger partial charge in [0.05, 0.1) is 0 Å². The number of rotatable bonds is 4. The summed E-state index contributed by atoms with van der Waals surface area (Å²) >= 11 is 12.3. The molecule has 1 aliphatic rings. The van der Waals surface area contributed by atoms with Crippen LogP contribution in [-0.4, -0.2) is 11.9 Å². The second kappa shape index (κ2) is 5.90. The summed E-state index contributed by atoms with van der Waals surface area (Å²) in [5, 5.41) is 4.64. The molecule has 2 rings (SSSR count). The first-order valence-corrected chi connectivity index (χ1v) is 6.67. The Morgan fingerprint density at radius 2 is 2.06 bits per heavy atom. The summed E-state index contributed by atoms with van der Waals surface area (Å²) in [5.41, 5.74) is 1.16. The van der Waals surface area contributed by atoms with Crippen molar-refractivity contribution in [1.29, 1.82) is 0 Å². The van der Waals surface area contributed by atoms with Gasteiger partial charge in [-0.05, 0) is 36.9 Å². The molecule has 1 aromatic rings. The van der Waals surface area contributed by atoms with E-state index in [4.69, 9.17) is 23.2 Å². The second-order valence-electron chi connectivity index (χ2n) is 4.43. The van der Waals surface area contributed by atoms with E-state index in [-0.39, 0.29) is 0 Å². The van der Waals surface area contributed by atoms with Crippen LogP contribution in [0, 0.1) is 5.92 Å². The Morgan fingerprint density at radius 3 is 2.75 bits per heavy atom. The predicted octanol–water partition coefficient (Wildman–Crippen LogP) is 3.84. The molecule has 0 amide bonds. The van der Waals surface area contributed by atoms with Crippen molar-refractivity contribution in [3.05, 3.63) is 34.9 Å². The first-order chi connectivity index (χ1) is 7.77. The van der Waals surface area contributed by atoms with E-state index in [2.05, 4.69) is 11.4 Å². The number of nitrogens with one attached hydrogen (secondary N) is 1. The lowest BCUT2D eigenvalue weighted by molar-refractivity contribution is 0.494. The van der Waals surface area contributed by atoms with E-state index < -0.39 is 0 Å². The Hall–Kier alpha value is -0.240. The molecule has 3 heteroatoms. The third kappa shape index (κ3) is 3.13. The van der Waals surface area contributed by atoms with Crippen LogP contribution >= 0.6 is 23.2 Å². The molecule has 1 saturated carbocycles. The van der Waals surface area contributed by atoms with Gasteiger partial charge in [-0.2, -0.15) is 0 Å². The zero-order valence-corrected chi connectivity index (χ0v) is 10.8. The lowest BCUT2D eigenvalue weighted by Gasteiger charge is -2.14. The highest BCUT2D eigenvalue weighted by Crippen LogP contribution is 2.29. The van der Waals surface area contributed by atoms with Crippen LogP contribution in [-0.2, 0) is 6.54 Å². The molecule has 88 valence electrons. The van der Waals surface area contributed by atoms with E-state index in [1.165, 1.54) is 19.3 Å². The highest BCUT2D eigenvalue weighted by atomic mass is 35.5. The van der Waals surface area contributed by atoms with Gasteiger partial charge in [-0.15, -0.1) is 11.6 Å².